The highest BCUT2D eigenvalue weighted by molar-refractivity contribution is 6.28. The zero-order chi connectivity index (χ0) is 14.5. The minimum atomic E-state index is 0.0586. The second kappa shape index (κ2) is 6.27. The molecule has 0 fully saturated rings. The van der Waals surface area contributed by atoms with Crippen LogP contribution in [0.5, 0.6) is 6.01 Å². The summed E-state index contributed by atoms with van der Waals surface area (Å²) in [5.41, 5.74) is 0.935. The summed E-state index contributed by atoms with van der Waals surface area (Å²) in [4.78, 5) is 16.3. The number of nitrogens with zero attached hydrogens (tertiary/aromatic N) is 6. The van der Waals surface area contributed by atoms with Gasteiger partial charge in [-0.2, -0.15) is 20.1 Å². The Hall–Kier alpha value is -2.54. The summed E-state index contributed by atoms with van der Waals surface area (Å²) in [6, 6.07) is 7.65. The van der Waals surface area contributed by atoms with Crippen LogP contribution in [0.1, 0.15) is 5.69 Å². The number of hydrogen-bond donors (Lipinski definition) is 0. The Morgan fingerprint density at radius 2 is 2.05 bits per heavy atom. The first kappa shape index (κ1) is 13.4. The van der Waals surface area contributed by atoms with Crippen molar-refractivity contribution in [1.29, 1.82) is 0 Å². The van der Waals surface area contributed by atoms with E-state index in [1.165, 1.54) is 4.68 Å². The number of pyridine rings is 1. The lowest BCUT2D eigenvalue weighted by Gasteiger charge is -2.06. The van der Waals surface area contributed by atoms with Crippen LogP contribution in [0.4, 0.5) is 0 Å². The third kappa shape index (κ3) is 3.51. The third-order valence-corrected chi connectivity index (χ3v) is 2.77. The standard InChI is InChI=1S/C13H11ClN6O/c14-11-17-12(20-8-3-7-16-20)19-13(18-11)21-9-5-10-4-1-2-6-15-10/h1-4,6-8H,5,9H2. The van der Waals surface area contributed by atoms with Crippen LogP contribution < -0.4 is 4.74 Å². The molecule has 21 heavy (non-hydrogen) atoms. The molecule has 3 rings (SSSR count). The van der Waals surface area contributed by atoms with Crippen molar-refractivity contribution in [3.05, 3.63) is 53.8 Å². The van der Waals surface area contributed by atoms with E-state index in [2.05, 4.69) is 25.0 Å². The Morgan fingerprint density at radius 1 is 1.10 bits per heavy atom. The summed E-state index contributed by atoms with van der Waals surface area (Å²) in [5, 5.41) is 4.09. The molecule has 0 atom stereocenters. The Bertz CT molecular complexity index is 704. The molecule has 3 aromatic heterocycles. The van der Waals surface area contributed by atoms with Crippen LogP contribution in [0.25, 0.3) is 5.95 Å². The molecule has 0 aliphatic heterocycles. The van der Waals surface area contributed by atoms with Crippen LogP contribution in [0.15, 0.2) is 42.9 Å². The molecule has 3 heterocycles. The van der Waals surface area contributed by atoms with Crippen molar-refractivity contribution in [1.82, 2.24) is 29.7 Å². The summed E-state index contributed by atoms with van der Waals surface area (Å²) in [6.07, 6.45) is 5.73. The molecular formula is C13H11ClN6O. The first-order valence-electron chi connectivity index (χ1n) is 6.25. The topological polar surface area (TPSA) is 78.6 Å². The van der Waals surface area contributed by atoms with Gasteiger partial charge in [0, 0.05) is 30.7 Å². The zero-order valence-corrected chi connectivity index (χ0v) is 11.7. The van der Waals surface area contributed by atoms with Crippen molar-refractivity contribution < 1.29 is 4.74 Å². The van der Waals surface area contributed by atoms with Crippen LogP contribution in [0.2, 0.25) is 5.28 Å². The largest absolute Gasteiger partial charge is 0.463 e. The number of hydrogen-bond acceptors (Lipinski definition) is 6. The van der Waals surface area contributed by atoms with Crippen LogP contribution in [0, 0.1) is 0 Å². The summed E-state index contributed by atoms with van der Waals surface area (Å²) >= 11 is 5.87. The average Bonchev–Trinajstić information content (AvgIpc) is 3.02. The van der Waals surface area contributed by atoms with E-state index in [9.17, 15) is 0 Å². The molecule has 7 nitrogen and oxygen atoms in total. The van der Waals surface area contributed by atoms with E-state index in [4.69, 9.17) is 16.3 Å². The first-order chi connectivity index (χ1) is 10.3. The lowest BCUT2D eigenvalue weighted by molar-refractivity contribution is 0.293. The molecule has 8 heteroatoms. The fourth-order valence-electron chi connectivity index (χ4n) is 1.67. The molecule has 0 aliphatic carbocycles. The van der Waals surface area contributed by atoms with Gasteiger partial charge in [0.15, 0.2) is 0 Å². The summed E-state index contributed by atoms with van der Waals surface area (Å²) < 4.78 is 6.99. The second-order valence-electron chi connectivity index (χ2n) is 4.06. The maximum Gasteiger partial charge on any atom is 0.322 e. The van der Waals surface area contributed by atoms with Gasteiger partial charge in [0.2, 0.25) is 5.28 Å². The Kier molecular flexibility index (Phi) is 4.02. The molecule has 0 bridgehead atoms. The molecule has 0 aliphatic rings. The highest BCUT2D eigenvalue weighted by Crippen LogP contribution is 2.11. The predicted octanol–water partition coefficient (Wildman–Crippen LogP) is 1.73. The summed E-state index contributed by atoms with van der Waals surface area (Å²) in [5.74, 6) is 0.313. The van der Waals surface area contributed by atoms with Crippen LogP contribution >= 0.6 is 11.6 Å². The lowest BCUT2D eigenvalue weighted by Crippen LogP contribution is -2.09. The molecule has 0 saturated heterocycles. The SMILES string of the molecule is Clc1nc(OCCc2ccccn2)nc(-n2cccn2)n1. The molecule has 0 amide bonds. The molecule has 3 aromatic rings. The van der Waals surface area contributed by atoms with Crippen molar-refractivity contribution in [2.24, 2.45) is 0 Å². The van der Waals surface area contributed by atoms with Gasteiger partial charge in [0.1, 0.15) is 0 Å². The quantitative estimate of drug-likeness (QED) is 0.714. The average molecular weight is 303 g/mol. The monoisotopic (exact) mass is 302 g/mol. The van der Waals surface area contributed by atoms with Crippen molar-refractivity contribution in [3.8, 4) is 12.0 Å². The summed E-state index contributed by atoms with van der Waals surface area (Å²) in [6.45, 7) is 0.399. The molecule has 0 aromatic carbocycles. The van der Waals surface area contributed by atoms with Gasteiger partial charge >= 0.3 is 6.01 Å². The normalized spacial score (nSPS) is 10.5. The van der Waals surface area contributed by atoms with Crippen LogP contribution in [0.3, 0.4) is 0 Å². The molecule has 0 N–H and O–H groups in total. The number of rotatable bonds is 5. The Balaban J connectivity index is 1.68. The Morgan fingerprint density at radius 3 is 2.81 bits per heavy atom. The van der Waals surface area contributed by atoms with Gasteiger partial charge in [0.25, 0.3) is 5.95 Å². The van der Waals surface area contributed by atoms with E-state index < -0.39 is 0 Å². The van der Waals surface area contributed by atoms with E-state index in [-0.39, 0.29) is 11.3 Å². The van der Waals surface area contributed by atoms with Gasteiger partial charge in [-0.3, -0.25) is 4.98 Å². The maximum atomic E-state index is 5.87. The fraction of sp³-hybridized carbons (Fsp3) is 0.154. The highest BCUT2D eigenvalue weighted by Gasteiger charge is 2.08. The van der Waals surface area contributed by atoms with E-state index in [0.29, 0.717) is 19.0 Å². The fourth-order valence-corrected chi connectivity index (χ4v) is 1.82. The van der Waals surface area contributed by atoms with E-state index >= 15 is 0 Å². The molecular weight excluding hydrogens is 292 g/mol. The number of aromatic nitrogens is 6. The van der Waals surface area contributed by atoms with Gasteiger partial charge in [-0.25, -0.2) is 4.68 Å². The van der Waals surface area contributed by atoms with Gasteiger partial charge < -0.3 is 4.74 Å². The molecule has 0 saturated carbocycles. The van der Waals surface area contributed by atoms with Gasteiger partial charge in [0.05, 0.1) is 6.61 Å². The van der Waals surface area contributed by atoms with Gasteiger partial charge in [-0.1, -0.05) is 6.07 Å². The van der Waals surface area contributed by atoms with Crippen molar-refractivity contribution in [3.63, 3.8) is 0 Å². The molecule has 0 radical (unpaired) electrons. The minimum Gasteiger partial charge on any atom is -0.463 e. The summed E-state index contributed by atoms with van der Waals surface area (Å²) in [7, 11) is 0. The molecule has 0 spiro atoms. The Labute approximate surface area is 125 Å². The van der Waals surface area contributed by atoms with Crippen LogP contribution in [-0.2, 0) is 6.42 Å². The third-order valence-electron chi connectivity index (χ3n) is 2.60. The van der Waals surface area contributed by atoms with Crippen LogP contribution in [-0.4, -0.2) is 36.3 Å². The lowest BCUT2D eigenvalue weighted by atomic mass is 10.3. The second-order valence-corrected chi connectivity index (χ2v) is 4.40. The minimum absolute atomic E-state index is 0.0586. The number of halogens is 1. The zero-order valence-electron chi connectivity index (χ0n) is 10.9. The van der Waals surface area contributed by atoms with Crippen molar-refractivity contribution in [2.45, 2.75) is 6.42 Å². The van der Waals surface area contributed by atoms with Crippen molar-refractivity contribution in [2.75, 3.05) is 6.61 Å². The van der Waals surface area contributed by atoms with Crippen molar-refractivity contribution >= 4 is 11.6 Å². The van der Waals surface area contributed by atoms with Gasteiger partial charge in [-0.05, 0) is 29.8 Å². The number of ether oxygens (including phenoxy) is 1. The first-order valence-corrected chi connectivity index (χ1v) is 6.63. The van der Waals surface area contributed by atoms with E-state index in [0.717, 1.165) is 5.69 Å². The predicted molar refractivity (Wildman–Crippen MR) is 75.4 cm³/mol. The molecule has 106 valence electrons. The van der Waals surface area contributed by atoms with E-state index in [1.807, 2.05) is 18.2 Å². The highest BCUT2D eigenvalue weighted by atomic mass is 35.5. The van der Waals surface area contributed by atoms with E-state index in [1.54, 1.807) is 24.7 Å². The van der Waals surface area contributed by atoms with Gasteiger partial charge in [-0.15, -0.1) is 0 Å². The smallest absolute Gasteiger partial charge is 0.322 e. The maximum absolute atomic E-state index is 5.87. The molecule has 0 unspecified atom stereocenters.